The van der Waals surface area contributed by atoms with E-state index in [-0.39, 0.29) is 17.7 Å². The van der Waals surface area contributed by atoms with Crippen LogP contribution in [0.25, 0.3) is 0 Å². The van der Waals surface area contributed by atoms with Crippen molar-refractivity contribution < 1.29 is 9.90 Å². The van der Waals surface area contributed by atoms with Crippen molar-refractivity contribution in [3.8, 4) is 5.75 Å². The molecular formula is C18H19ClN2O2. The fraction of sp³-hybridized carbons (Fsp3) is 0.278. The van der Waals surface area contributed by atoms with Gasteiger partial charge in [-0.2, -0.15) is 0 Å². The van der Waals surface area contributed by atoms with Crippen LogP contribution in [0.4, 0.5) is 5.69 Å². The second-order valence-corrected chi connectivity index (χ2v) is 6.34. The second kappa shape index (κ2) is 6.60. The summed E-state index contributed by atoms with van der Waals surface area (Å²) in [6.45, 7) is 3.72. The van der Waals surface area contributed by atoms with E-state index in [1.54, 1.807) is 23.1 Å². The number of phenols is 1. The Morgan fingerprint density at radius 3 is 2.74 bits per heavy atom. The topological polar surface area (TPSA) is 43.8 Å². The van der Waals surface area contributed by atoms with Crippen molar-refractivity contribution in [1.82, 2.24) is 4.90 Å². The molecule has 5 heteroatoms. The van der Waals surface area contributed by atoms with Crippen molar-refractivity contribution in [3.05, 3.63) is 59.1 Å². The molecule has 0 aromatic heterocycles. The molecule has 1 amide bonds. The molecule has 120 valence electrons. The lowest BCUT2D eigenvalue weighted by Crippen LogP contribution is -2.54. The van der Waals surface area contributed by atoms with Crippen LogP contribution in [0.15, 0.2) is 48.5 Å². The van der Waals surface area contributed by atoms with E-state index >= 15 is 0 Å². The molecule has 0 saturated carbocycles. The third-order valence-electron chi connectivity index (χ3n) is 4.13. The molecule has 1 fully saturated rings. The van der Waals surface area contributed by atoms with Crippen LogP contribution in [0, 0.1) is 0 Å². The number of amides is 1. The number of halogens is 1. The average Bonchev–Trinajstić information content (AvgIpc) is 2.50. The Hall–Kier alpha value is -2.04. The standard InChI is InChI=1S/C18H19ClN2O2/c1-13-10-21(16-6-3-5-15(19)9-16)18(23)12-20(13)11-14-4-2-7-17(22)8-14/h2-9,13,22H,10-12H2,1H3/t13-/m0/s1. The van der Waals surface area contributed by atoms with Crippen LogP contribution in [0.2, 0.25) is 5.02 Å². The van der Waals surface area contributed by atoms with Gasteiger partial charge >= 0.3 is 0 Å². The monoisotopic (exact) mass is 330 g/mol. The first kappa shape index (κ1) is 15.8. The van der Waals surface area contributed by atoms with Crippen molar-refractivity contribution in [3.63, 3.8) is 0 Å². The van der Waals surface area contributed by atoms with Gasteiger partial charge in [0.25, 0.3) is 0 Å². The van der Waals surface area contributed by atoms with E-state index in [0.717, 1.165) is 11.3 Å². The van der Waals surface area contributed by atoms with Crippen LogP contribution in [0.5, 0.6) is 5.75 Å². The van der Waals surface area contributed by atoms with Gasteiger partial charge in [0.1, 0.15) is 5.75 Å². The Morgan fingerprint density at radius 2 is 2.00 bits per heavy atom. The molecule has 0 unspecified atom stereocenters. The fourth-order valence-corrected chi connectivity index (χ4v) is 3.08. The van der Waals surface area contributed by atoms with E-state index in [2.05, 4.69) is 11.8 Å². The van der Waals surface area contributed by atoms with Crippen molar-refractivity contribution in [2.75, 3.05) is 18.0 Å². The van der Waals surface area contributed by atoms with Gasteiger partial charge in [0.15, 0.2) is 0 Å². The maximum Gasteiger partial charge on any atom is 0.241 e. The number of piperazine rings is 1. The van der Waals surface area contributed by atoms with E-state index in [1.165, 1.54) is 0 Å². The Kier molecular flexibility index (Phi) is 4.55. The summed E-state index contributed by atoms with van der Waals surface area (Å²) in [6, 6.07) is 14.8. The number of anilines is 1. The predicted molar refractivity (Wildman–Crippen MR) is 91.8 cm³/mol. The minimum atomic E-state index is 0.0607. The molecule has 0 spiro atoms. The van der Waals surface area contributed by atoms with Gasteiger partial charge in [-0.1, -0.05) is 29.8 Å². The molecule has 1 aliphatic heterocycles. The summed E-state index contributed by atoms with van der Waals surface area (Å²) in [5.74, 6) is 0.310. The summed E-state index contributed by atoms with van der Waals surface area (Å²) >= 11 is 6.03. The average molecular weight is 331 g/mol. The molecule has 23 heavy (non-hydrogen) atoms. The third-order valence-corrected chi connectivity index (χ3v) is 4.36. The predicted octanol–water partition coefficient (Wildman–Crippen LogP) is 3.28. The van der Waals surface area contributed by atoms with Crippen molar-refractivity contribution in [2.24, 2.45) is 0 Å². The van der Waals surface area contributed by atoms with E-state index in [1.807, 2.05) is 30.3 Å². The molecular weight excluding hydrogens is 312 g/mol. The number of aromatic hydroxyl groups is 1. The number of hydrogen-bond donors (Lipinski definition) is 1. The molecule has 1 N–H and O–H groups in total. The molecule has 1 saturated heterocycles. The number of carbonyl (C=O) groups is 1. The summed E-state index contributed by atoms with van der Waals surface area (Å²) < 4.78 is 0. The quantitative estimate of drug-likeness (QED) is 0.939. The Morgan fingerprint density at radius 1 is 1.22 bits per heavy atom. The van der Waals surface area contributed by atoms with Crippen LogP contribution >= 0.6 is 11.6 Å². The summed E-state index contributed by atoms with van der Waals surface area (Å²) in [7, 11) is 0. The molecule has 2 aromatic rings. The number of nitrogens with zero attached hydrogens (tertiary/aromatic N) is 2. The number of benzene rings is 2. The molecule has 0 bridgehead atoms. The second-order valence-electron chi connectivity index (χ2n) is 5.91. The van der Waals surface area contributed by atoms with Gasteiger partial charge < -0.3 is 10.0 Å². The molecule has 3 rings (SSSR count). The highest BCUT2D eigenvalue weighted by Gasteiger charge is 2.30. The van der Waals surface area contributed by atoms with Gasteiger partial charge in [-0.05, 0) is 42.8 Å². The normalized spacial score (nSPS) is 19.1. The zero-order valence-corrected chi connectivity index (χ0v) is 13.7. The highest BCUT2D eigenvalue weighted by molar-refractivity contribution is 6.30. The largest absolute Gasteiger partial charge is 0.508 e. The summed E-state index contributed by atoms with van der Waals surface area (Å²) in [5, 5.41) is 10.2. The Labute approximate surface area is 140 Å². The fourth-order valence-electron chi connectivity index (χ4n) is 2.89. The molecule has 1 aliphatic rings. The zero-order valence-electron chi connectivity index (χ0n) is 12.9. The zero-order chi connectivity index (χ0) is 16.4. The first-order chi connectivity index (χ1) is 11.0. The molecule has 0 aliphatic carbocycles. The first-order valence-electron chi connectivity index (χ1n) is 7.61. The number of phenolic OH excluding ortho intramolecular Hbond substituents is 1. The van der Waals surface area contributed by atoms with Crippen LogP contribution in [0.1, 0.15) is 12.5 Å². The highest BCUT2D eigenvalue weighted by atomic mass is 35.5. The third kappa shape index (κ3) is 3.66. The van der Waals surface area contributed by atoms with Crippen LogP contribution in [0.3, 0.4) is 0 Å². The highest BCUT2D eigenvalue weighted by Crippen LogP contribution is 2.24. The SMILES string of the molecule is C[C@H]1CN(c2cccc(Cl)c2)C(=O)CN1Cc1cccc(O)c1. The van der Waals surface area contributed by atoms with Crippen molar-refractivity contribution in [1.29, 1.82) is 0 Å². The Balaban J connectivity index is 1.73. The lowest BCUT2D eigenvalue weighted by Gasteiger charge is -2.39. The summed E-state index contributed by atoms with van der Waals surface area (Å²) in [4.78, 5) is 16.4. The van der Waals surface area contributed by atoms with Gasteiger partial charge in [0.05, 0.1) is 6.54 Å². The van der Waals surface area contributed by atoms with Crippen LogP contribution in [-0.2, 0) is 11.3 Å². The minimum Gasteiger partial charge on any atom is -0.508 e. The van der Waals surface area contributed by atoms with Crippen molar-refractivity contribution >= 4 is 23.2 Å². The van der Waals surface area contributed by atoms with Crippen molar-refractivity contribution in [2.45, 2.75) is 19.5 Å². The van der Waals surface area contributed by atoms with Crippen LogP contribution in [-0.4, -0.2) is 35.0 Å². The molecule has 2 aromatic carbocycles. The van der Waals surface area contributed by atoms with Gasteiger partial charge in [0, 0.05) is 29.8 Å². The number of rotatable bonds is 3. The molecule has 0 radical (unpaired) electrons. The first-order valence-corrected chi connectivity index (χ1v) is 7.98. The lowest BCUT2D eigenvalue weighted by molar-refractivity contribution is -0.122. The molecule has 1 atom stereocenters. The molecule has 1 heterocycles. The van der Waals surface area contributed by atoms with Gasteiger partial charge in [0.2, 0.25) is 5.91 Å². The summed E-state index contributed by atoms with van der Waals surface area (Å²) in [6.07, 6.45) is 0. The minimum absolute atomic E-state index is 0.0607. The Bertz CT molecular complexity index is 720. The van der Waals surface area contributed by atoms with Gasteiger partial charge in [-0.3, -0.25) is 9.69 Å². The van der Waals surface area contributed by atoms with E-state index in [4.69, 9.17) is 11.6 Å². The van der Waals surface area contributed by atoms with E-state index in [0.29, 0.717) is 24.7 Å². The number of carbonyl (C=O) groups excluding carboxylic acids is 1. The lowest BCUT2D eigenvalue weighted by atomic mass is 10.1. The maximum atomic E-state index is 12.5. The smallest absolute Gasteiger partial charge is 0.241 e. The maximum absolute atomic E-state index is 12.5. The van der Waals surface area contributed by atoms with Crippen LogP contribution < -0.4 is 4.90 Å². The van der Waals surface area contributed by atoms with E-state index in [9.17, 15) is 9.90 Å². The van der Waals surface area contributed by atoms with Gasteiger partial charge in [-0.15, -0.1) is 0 Å². The molecule has 4 nitrogen and oxygen atoms in total. The summed E-state index contributed by atoms with van der Waals surface area (Å²) in [5.41, 5.74) is 1.84. The van der Waals surface area contributed by atoms with Gasteiger partial charge in [-0.25, -0.2) is 0 Å². The van der Waals surface area contributed by atoms with E-state index < -0.39 is 0 Å². The number of hydrogen-bond acceptors (Lipinski definition) is 3.